The quantitative estimate of drug-likeness (QED) is 0.291. The van der Waals surface area contributed by atoms with Crippen molar-refractivity contribution in [3.05, 3.63) is 0 Å². The zero-order valence-corrected chi connectivity index (χ0v) is 19.5. The van der Waals surface area contributed by atoms with Crippen LogP contribution in [0.3, 0.4) is 0 Å². The third kappa shape index (κ3) is 13.3. The lowest BCUT2D eigenvalue weighted by Crippen LogP contribution is -2.51. The molecule has 11 heteroatoms. The Morgan fingerprint density at radius 2 is 1.58 bits per heavy atom. The largest absolute Gasteiger partial charge is 0.466 e. The Labute approximate surface area is 183 Å². The van der Waals surface area contributed by atoms with Crippen LogP contribution in [0.25, 0.3) is 0 Å². The van der Waals surface area contributed by atoms with E-state index < -0.39 is 35.0 Å². The first-order valence-corrected chi connectivity index (χ1v) is 9.89. The van der Waals surface area contributed by atoms with Crippen molar-refractivity contribution in [2.45, 2.75) is 66.4 Å². The van der Waals surface area contributed by atoms with Crippen molar-refractivity contribution in [1.82, 2.24) is 4.90 Å². The van der Waals surface area contributed by atoms with Gasteiger partial charge in [0.1, 0.15) is 11.9 Å². The highest BCUT2D eigenvalue weighted by atomic mass is 17.2. The monoisotopic (exact) mass is 448 g/mol. The van der Waals surface area contributed by atoms with E-state index in [1.165, 1.54) is 11.9 Å². The fourth-order valence-corrected chi connectivity index (χ4v) is 2.59. The zero-order chi connectivity index (χ0) is 24.7. The van der Waals surface area contributed by atoms with Crippen LogP contribution >= 0.6 is 0 Å². The fourth-order valence-electron chi connectivity index (χ4n) is 2.59. The van der Waals surface area contributed by atoms with E-state index in [0.29, 0.717) is 19.4 Å². The smallest absolute Gasteiger partial charge is 0.410 e. The molecule has 1 rings (SSSR count). The number of amides is 1. The number of aldehydes is 1. The summed E-state index contributed by atoms with van der Waals surface area (Å²) in [5, 5.41) is 0. The summed E-state index contributed by atoms with van der Waals surface area (Å²) in [6.45, 7) is 10.3. The van der Waals surface area contributed by atoms with Gasteiger partial charge in [0.05, 0.1) is 12.0 Å². The number of carbonyl (C=O) groups is 5. The van der Waals surface area contributed by atoms with Crippen LogP contribution in [0.1, 0.15) is 60.8 Å². The van der Waals surface area contributed by atoms with Crippen molar-refractivity contribution >= 4 is 30.3 Å². The highest BCUT2D eigenvalue weighted by molar-refractivity contribution is 5.81. The van der Waals surface area contributed by atoms with Crippen molar-refractivity contribution in [2.24, 2.45) is 11.1 Å². The van der Waals surface area contributed by atoms with E-state index >= 15 is 0 Å². The lowest BCUT2D eigenvalue weighted by Gasteiger charge is -2.40. The van der Waals surface area contributed by atoms with E-state index in [2.05, 4.69) is 15.5 Å². The lowest BCUT2D eigenvalue weighted by molar-refractivity contribution is -0.255. The van der Waals surface area contributed by atoms with Gasteiger partial charge in [-0.3, -0.25) is 4.79 Å². The van der Waals surface area contributed by atoms with Crippen molar-refractivity contribution < 1.29 is 43.2 Å². The van der Waals surface area contributed by atoms with Gasteiger partial charge in [0.15, 0.2) is 0 Å². The molecular weight excluding hydrogens is 412 g/mol. The highest BCUT2D eigenvalue weighted by Crippen LogP contribution is 2.35. The lowest BCUT2D eigenvalue weighted by atomic mass is 9.77. The molecule has 0 aromatic heterocycles. The Morgan fingerprint density at radius 3 is 1.97 bits per heavy atom. The van der Waals surface area contributed by atoms with Gasteiger partial charge in [0, 0.05) is 33.4 Å². The first-order chi connectivity index (χ1) is 14.4. The Hall–Kier alpha value is -2.69. The van der Waals surface area contributed by atoms with E-state index in [1.807, 2.05) is 0 Å². The molecule has 1 aliphatic rings. The van der Waals surface area contributed by atoms with Crippen LogP contribution in [0, 0.1) is 5.41 Å². The molecule has 0 spiro atoms. The van der Waals surface area contributed by atoms with Gasteiger partial charge in [0.25, 0.3) is 0 Å². The molecule has 0 bridgehead atoms. The van der Waals surface area contributed by atoms with Gasteiger partial charge in [0.2, 0.25) is 0 Å². The van der Waals surface area contributed by atoms with E-state index in [0.717, 1.165) is 20.1 Å². The van der Waals surface area contributed by atoms with Gasteiger partial charge in [-0.1, -0.05) is 0 Å². The van der Waals surface area contributed by atoms with Gasteiger partial charge < -0.3 is 24.9 Å². The number of hydrogen-bond donors (Lipinski definition) is 1. The second-order valence-corrected chi connectivity index (χ2v) is 7.53. The molecule has 11 nitrogen and oxygen atoms in total. The molecule has 1 unspecified atom stereocenters. The van der Waals surface area contributed by atoms with Gasteiger partial charge in [-0.25, -0.2) is 24.2 Å². The first kappa shape index (κ1) is 30.5. The summed E-state index contributed by atoms with van der Waals surface area (Å²) in [4.78, 5) is 64.1. The number of hydrogen-bond acceptors (Lipinski definition) is 10. The third-order valence-corrected chi connectivity index (χ3v) is 3.69. The summed E-state index contributed by atoms with van der Waals surface area (Å²) < 4.78 is 10.4. The number of piperidine rings is 1. The maximum Gasteiger partial charge on any atom is 0.410 e. The van der Waals surface area contributed by atoms with E-state index in [1.54, 1.807) is 27.7 Å². The van der Waals surface area contributed by atoms with Crippen molar-refractivity contribution in [3.8, 4) is 0 Å². The van der Waals surface area contributed by atoms with E-state index in [4.69, 9.17) is 9.47 Å². The predicted octanol–water partition coefficient (Wildman–Crippen LogP) is 1.76. The summed E-state index contributed by atoms with van der Waals surface area (Å²) in [5.41, 5.74) is 2.97. The van der Waals surface area contributed by atoms with Crippen molar-refractivity contribution in [2.75, 3.05) is 26.7 Å². The van der Waals surface area contributed by atoms with Crippen LogP contribution in [0.5, 0.6) is 0 Å². The maximum atomic E-state index is 12.2. The minimum atomic E-state index is -0.938. The predicted molar refractivity (Wildman–Crippen MR) is 110 cm³/mol. The van der Waals surface area contributed by atoms with E-state index in [-0.39, 0.29) is 19.6 Å². The van der Waals surface area contributed by atoms with Crippen molar-refractivity contribution in [3.63, 3.8) is 0 Å². The molecule has 1 aliphatic heterocycles. The van der Waals surface area contributed by atoms with E-state index in [9.17, 15) is 24.0 Å². The molecule has 1 atom stereocenters. The number of carbonyl (C=O) groups excluding carboxylic acids is 5. The van der Waals surface area contributed by atoms with Crippen LogP contribution < -0.4 is 5.73 Å². The van der Waals surface area contributed by atoms with Crippen LogP contribution in [0.2, 0.25) is 0 Å². The molecular formula is C20H36N2O9. The van der Waals surface area contributed by atoms with Crippen LogP contribution in [0.15, 0.2) is 0 Å². The summed E-state index contributed by atoms with van der Waals surface area (Å²) in [6.07, 6.45) is 1.51. The third-order valence-electron chi connectivity index (χ3n) is 3.69. The molecule has 0 aromatic carbocycles. The Balaban J connectivity index is 0. The fraction of sp³-hybridized carbons (Fsp3) is 0.750. The van der Waals surface area contributed by atoms with Gasteiger partial charge in [-0.2, -0.15) is 0 Å². The number of likely N-dealkylation sites (tertiary alicyclic amines) is 1. The normalized spacial score (nSPS) is 17.5. The van der Waals surface area contributed by atoms with Crippen LogP contribution in [0.4, 0.5) is 4.79 Å². The minimum absolute atomic E-state index is 0.0606. The standard InChI is InChI=1S/C15H25NO5.C4H6O4.CH5N/c1-5-20-12(18)15(8-10-17)7-6-9-16(11-15)13(19)21-14(2,3)4;1-3(5)7-8-4(2)6;1-2/h10H,5-9,11H2,1-4H3;1-2H3;2H2,1H3. The molecule has 180 valence electrons. The summed E-state index contributed by atoms with van der Waals surface area (Å²) in [6, 6.07) is 0. The second-order valence-electron chi connectivity index (χ2n) is 7.53. The summed E-state index contributed by atoms with van der Waals surface area (Å²) in [5.74, 6) is -1.69. The van der Waals surface area contributed by atoms with Gasteiger partial charge in [-0.05, 0) is 47.6 Å². The Morgan fingerprint density at radius 1 is 1.06 bits per heavy atom. The number of rotatable bonds is 4. The average Bonchev–Trinajstić information content (AvgIpc) is 2.68. The summed E-state index contributed by atoms with van der Waals surface area (Å²) in [7, 11) is 1.50. The van der Waals surface area contributed by atoms with Crippen LogP contribution in [-0.4, -0.2) is 67.5 Å². The number of nitrogens with two attached hydrogens (primary N) is 1. The van der Waals surface area contributed by atoms with Crippen LogP contribution in [-0.2, 0) is 38.4 Å². The molecule has 1 amide bonds. The second kappa shape index (κ2) is 15.2. The topological polar surface area (TPSA) is 152 Å². The Bertz CT molecular complexity index is 588. The van der Waals surface area contributed by atoms with Gasteiger partial charge in [-0.15, -0.1) is 0 Å². The molecule has 1 fully saturated rings. The number of ether oxygens (including phenoxy) is 2. The average molecular weight is 449 g/mol. The Kier molecular flexibility index (Phi) is 14.9. The molecule has 1 heterocycles. The van der Waals surface area contributed by atoms with Crippen molar-refractivity contribution in [1.29, 1.82) is 0 Å². The zero-order valence-electron chi connectivity index (χ0n) is 19.5. The molecule has 0 aliphatic carbocycles. The maximum absolute atomic E-state index is 12.2. The first-order valence-electron chi connectivity index (χ1n) is 9.89. The molecule has 0 radical (unpaired) electrons. The summed E-state index contributed by atoms with van der Waals surface area (Å²) >= 11 is 0. The number of nitrogens with zero attached hydrogens (tertiary/aromatic N) is 1. The molecule has 2 N–H and O–H groups in total. The molecule has 1 saturated heterocycles. The molecule has 31 heavy (non-hydrogen) atoms. The SMILES string of the molecule is CC(=O)OOC(C)=O.CCOC(=O)C1(CC=O)CCCN(C(=O)OC(C)(C)C)C1.CN. The van der Waals surface area contributed by atoms with Gasteiger partial charge >= 0.3 is 24.0 Å². The molecule has 0 saturated carbocycles. The molecule has 0 aromatic rings. The number of esters is 1. The highest BCUT2D eigenvalue weighted by Gasteiger charge is 2.45. The minimum Gasteiger partial charge on any atom is -0.466 e.